The summed E-state index contributed by atoms with van der Waals surface area (Å²) in [7, 11) is 1.80. The first kappa shape index (κ1) is 16.7. The summed E-state index contributed by atoms with van der Waals surface area (Å²) in [5.74, 6) is 0.545. The number of nitrogens with one attached hydrogen (secondary N) is 1. The lowest BCUT2D eigenvalue weighted by molar-refractivity contribution is 0.0789. The van der Waals surface area contributed by atoms with Gasteiger partial charge in [0.05, 0.1) is 0 Å². The number of hydrogen-bond donors (Lipinski definition) is 1. The number of carbonyl (C=O) groups excluding carboxylic acids is 1. The molecule has 0 unspecified atom stereocenters. The Hall–Kier alpha value is -3.15. The van der Waals surface area contributed by atoms with Crippen LogP contribution in [0.2, 0.25) is 0 Å². The van der Waals surface area contributed by atoms with E-state index in [2.05, 4.69) is 15.4 Å². The lowest BCUT2D eigenvalue weighted by Crippen LogP contribution is -2.29. The Morgan fingerprint density at radius 1 is 1.12 bits per heavy atom. The van der Waals surface area contributed by atoms with Gasteiger partial charge in [-0.05, 0) is 36.8 Å². The van der Waals surface area contributed by atoms with Crippen LogP contribution in [0.5, 0.6) is 0 Å². The molecule has 0 saturated heterocycles. The zero-order valence-electron chi connectivity index (χ0n) is 14.2. The molecule has 128 valence electrons. The largest absolute Gasteiger partial charge is 0.385 e. The van der Waals surface area contributed by atoms with E-state index in [-0.39, 0.29) is 5.91 Å². The van der Waals surface area contributed by atoms with Crippen molar-refractivity contribution in [3.05, 3.63) is 72.7 Å². The van der Waals surface area contributed by atoms with E-state index in [0.717, 1.165) is 18.7 Å². The quantitative estimate of drug-likeness (QED) is 0.675. The number of pyridine rings is 1. The van der Waals surface area contributed by atoms with E-state index in [1.807, 2.05) is 48.5 Å². The second-order valence-electron chi connectivity index (χ2n) is 5.70. The molecule has 2 heterocycles. The van der Waals surface area contributed by atoms with E-state index in [0.29, 0.717) is 18.1 Å². The highest BCUT2D eigenvalue weighted by molar-refractivity contribution is 5.92. The van der Waals surface area contributed by atoms with E-state index in [1.54, 1.807) is 35.1 Å². The van der Waals surface area contributed by atoms with E-state index in [1.165, 1.54) is 0 Å². The summed E-state index contributed by atoms with van der Waals surface area (Å²) in [6, 6.07) is 17.2. The van der Waals surface area contributed by atoms with Crippen molar-refractivity contribution in [2.75, 3.05) is 25.5 Å². The molecule has 0 atom stereocenters. The summed E-state index contributed by atoms with van der Waals surface area (Å²) in [5, 5.41) is 7.48. The van der Waals surface area contributed by atoms with Crippen molar-refractivity contribution in [1.29, 1.82) is 0 Å². The van der Waals surface area contributed by atoms with Crippen molar-refractivity contribution in [2.24, 2.45) is 0 Å². The molecule has 2 aromatic heterocycles. The van der Waals surface area contributed by atoms with Crippen LogP contribution in [-0.2, 0) is 0 Å². The maximum atomic E-state index is 12.5. The number of rotatable bonds is 7. The van der Waals surface area contributed by atoms with Gasteiger partial charge in [0.1, 0.15) is 5.69 Å². The first-order chi connectivity index (χ1) is 12.2. The third kappa shape index (κ3) is 4.44. The minimum absolute atomic E-state index is 0.0892. The second-order valence-corrected chi connectivity index (χ2v) is 5.70. The summed E-state index contributed by atoms with van der Waals surface area (Å²) >= 11 is 0. The standard InChI is InChI=1S/C19H21N5O/c1-23(14-6-12-20-16-8-3-2-4-9-16)19(25)17-10-5-11-18(22-17)24-15-7-13-21-24/h2-5,7-11,13,15,20H,6,12,14H2,1H3. The molecule has 1 amide bonds. The fourth-order valence-corrected chi connectivity index (χ4v) is 2.48. The molecule has 0 fully saturated rings. The van der Waals surface area contributed by atoms with E-state index in [9.17, 15) is 4.79 Å². The third-order valence-corrected chi connectivity index (χ3v) is 3.81. The van der Waals surface area contributed by atoms with E-state index < -0.39 is 0 Å². The molecule has 3 aromatic rings. The van der Waals surface area contributed by atoms with Gasteiger partial charge in [0.25, 0.3) is 5.91 Å². The lowest BCUT2D eigenvalue weighted by atomic mass is 10.3. The molecule has 1 N–H and O–H groups in total. The molecular weight excluding hydrogens is 314 g/mol. The Labute approximate surface area is 147 Å². The molecule has 0 spiro atoms. The van der Waals surface area contributed by atoms with Gasteiger partial charge in [0, 0.05) is 38.2 Å². The lowest BCUT2D eigenvalue weighted by Gasteiger charge is -2.17. The fourth-order valence-electron chi connectivity index (χ4n) is 2.48. The maximum Gasteiger partial charge on any atom is 0.272 e. The molecule has 0 aliphatic carbocycles. The Morgan fingerprint density at radius 3 is 2.72 bits per heavy atom. The summed E-state index contributed by atoms with van der Waals surface area (Å²) in [6.45, 7) is 1.47. The number of benzene rings is 1. The monoisotopic (exact) mass is 335 g/mol. The van der Waals surface area contributed by atoms with Crippen LogP contribution in [0, 0.1) is 0 Å². The van der Waals surface area contributed by atoms with Crippen molar-refractivity contribution in [3.63, 3.8) is 0 Å². The zero-order valence-corrected chi connectivity index (χ0v) is 14.2. The normalized spacial score (nSPS) is 10.4. The molecule has 0 bridgehead atoms. The Morgan fingerprint density at radius 2 is 1.96 bits per heavy atom. The Kier molecular flexibility index (Phi) is 5.41. The summed E-state index contributed by atoms with van der Waals surface area (Å²) < 4.78 is 1.64. The molecule has 0 aliphatic rings. The minimum atomic E-state index is -0.0892. The first-order valence-electron chi connectivity index (χ1n) is 8.25. The van der Waals surface area contributed by atoms with Crippen molar-refractivity contribution in [2.45, 2.75) is 6.42 Å². The van der Waals surface area contributed by atoms with Gasteiger partial charge in [-0.1, -0.05) is 24.3 Å². The molecule has 0 radical (unpaired) electrons. The summed E-state index contributed by atoms with van der Waals surface area (Å²) in [6.07, 6.45) is 4.34. The summed E-state index contributed by atoms with van der Waals surface area (Å²) in [5.41, 5.74) is 1.51. The SMILES string of the molecule is CN(CCCNc1ccccc1)C(=O)c1cccc(-n2cccn2)n1. The molecule has 0 aliphatic heterocycles. The minimum Gasteiger partial charge on any atom is -0.385 e. The van der Waals surface area contributed by atoms with Gasteiger partial charge in [0.2, 0.25) is 0 Å². The van der Waals surface area contributed by atoms with E-state index >= 15 is 0 Å². The van der Waals surface area contributed by atoms with Crippen molar-refractivity contribution in [1.82, 2.24) is 19.7 Å². The maximum absolute atomic E-state index is 12.5. The number of carbonyl (C=O) groups is 1. The van der Waals surface area contributed by atoms with Gasteiger partial charge in [0.15, 0.2) is 5.82 Å². The third-order valence-electron chi connectivity index (χ3n) is 3.81. The van der Waals surface area contributed by atoms with Gasteiger partial charge < -0.3 is 10.2 Å². The Balaban J connectivity index is 1.53. The molecule has 25 heavy (non-hydrogen) atoms. The highest BCUT2D eigenvalue weighted by atomic mass is 16.2. The second kappa shape index (κ2) is 8.10. The van der Waals surface area contributed by atoms with Crippen molar-refractivity contribution in [3.8, 4) is 5.82 Å². The number of aromatic nitrogens is 3. The highest BCUT2D eigenvalue weighted by Crippen LogP contribution is 2.08. The van der Waals surface area contributed by atoms with Gasteiger partial charge in [-0.2, -0.15) is 5.10 Å². The van der Waals surface area contributed by atoms with Gasteiger partial charge in [-0.15, -0.1) is 0 Å². The molecule has 1 aromatic carbocycles. The van der Waals surface area contributed by atoms with Crippen LogP contribution >= 0.6 is 0 Å². The molecule has 6 nitrogen and oxygen atoms in total. The number of para-hydroxylation sites is 1. The summed E-state index contributed by atoms with van der Waals surface area (Å²) in [4.78, 5) is 18.6. The molecule has 6 heteroatoms. The topological polar surface area (TPSA) is 63.1 Å². The molecular formula is C19H21N5O. The van der Waals surface area contributed by atoms with Gasteiger partial charge in [-0.25, -0.2) is 9.67 Å². The van der Waals surface area contributed by atoms with Crippen molar-refractivity contribution < 1.29 is 4.79 Å². The van der Waals surface area contributed by atoms with Crippen LogP contribution < -0.4 is 5.32 Å². The van der Waals surface area contributed by atoms with Gasteiger partial charge in [-0.3, -0.25) is 4.79 Å². The predicted octanol–water partition coefficient (Wildman–Crippen LogP) is 2.84. The van der Waals surface area contributed by atoms with Crippen LogP contribution in [-0.4, -0.2) is 45.7 Å². The average Bonchev–Trinajstić information content (AvgIpc) is 3.20. The number of anilines is 1. The average molecular weight is 335 g/mol. The Bertz CT molecular complexity index is 802. The number of hydrogen-bond acceptors (Lipinski definition) is 4. The van der Waals surface area contributed by atoms with Crippen molar-refractivity contribution >= 4 is 11.6 Å². The van der Waals surface area contributed by atoms with E-state index in [4.69, 9.17) is 0 Å². The van der Waals surface area contributed by atoms with Gasteiger partial charge >= 0.3 is 0 Å². The zero-order chi connectivity index (χ0) is 17.5. The highest BCUT2D eigenvalue weighted by Gasteiger charge is 2.13. The number of amides is 1. The smallest absolute Gasteiger partial charge is 0.272 e. The molecule has 3 rings (SSSR count). The van der Waals surface area contributed by atoms with Crippen LogP contribution in [0.3, 0.4) is 0 Å². The fraction of sp³-hybridized carbons (Fsp3) is 0.211. The van der Waals surface area contributed by atoms with Crippen LogP contribution in [0.15, 0.2) is 67.0 Å². The van der Waals surface area contributed by atoms with Crippen LogP contribution in [0.4, 0.5) is 5.69 Å². The first-order valence-corrected chi connectivity index (χ1v) is 8.25. The number of nitrogens with zero attached hydrogens (tertiary/aromatic N) is 4. The van der Waals surface area contributed by atoms with Crippen LogP contribution in [0.25, 0.3) is 5.82 Å². The predicted molar refractivity (Wildman–Crippen MR) is 97.9 cm³/mol. The molecule has 0 saturated carbocycles. The van der Waals surface area contributed by atoms with Crippen LogP contribution in [0.1, 0.15) is 16.9 Å².